The van der Waals surface area contributed by atoms with Crippen molar-refractivity contribution in [1.29, 1.82) is 0 Å². The van der Waals surface area contributed by atoms with Gasteiger partial charge in [-0.3, -0.25) is 10.00 Å². The van der Waals surface area contributed by atoms with E-state index in [0.29, 0.717) is 11.4 Å². The number of aryl methyl sites for hydroxylation is 2. The monoisotopic (exact) mass is 410 g/mol. The molecule has 0 bridgehead atoms. The van der Waals surface area contributed by atoms with Crippen LogP contribution < -0.4 is 0 Å². The second-order valence-corrected chi connectivity index (χ2v) is 7.88. The summed E-state index contributed by atoms with van der Waals surface area (Å²) in [5, 5.41) is 16.4. The van der Waals surface area contributed by atoms with Crippen LogP contribution in [0.2, 0.25) is 0 Å². The van der Waals surface area contributed by atoms with Crippen LogP contribution in [0.25, 0.3) is 11.3 Å². The van der Waals surface area contributed by atoms with E-state index in [1.165, 1.54) is 5.56 Å². The van der Waals surface area contributed by atoms with Crippen LogP contribution in [0.3, 0.4) is 0 Å². The van der Waals surface area contributed by atoms with Crippen LogP contribution >= 0.6 is 12.2 Å². The lowest BCUT2D eigenvalue weighted by atomic mass is 10.1. The van der Waals surface area contributed by atoms with E-state index in [0.717, 1.165) is 48.8 Å². The van der Waals surface area contributed by atoms with Crippen LogP contribution in [0.15, 0.2) is 35.6 Å². The van der Waals surface area contributed by atoms with Gasteiger partial charge in [0.25, 0.3) is 0 Å². The van der Waals surface area contributed by atoms with Gasteiger partial charge in [-0.1, -0.05) is 29.8 Å². The maximum Gasteiger partial charge on any atom is 0.220 e. The Labute approximate surface area is 175 Å². The van der Waals surface area contributed by atoms with Crippen LogP contribution in [0.4, 0.5) is 0 Å². The zero-order valence-corrected chi connectivity index (χ0v) is 17.9. The van der Waals surface area contributed by atoms with E-state index in [4.69, 9.17) is 12.2 Å². The number of rotatable bonds is 5. The number of benzene rings is 1. The molecule has 3 heterocycles. The molecular formula is C20H26N8S. The number of hydrogen-bond acceptors (Lipinski definition) is 6. The van der Waals surface area contributed by atoms with Crippen LogP contribution in [0.1, 0.15) is 17.0 Å². The van der Waals surface area contributed by atoms with E-state index in [1.807, 2.05) is 11.6 Å². The Bertz CT molecular complexity index is 1050. The summed E-state index contributed by atoms with van der Waals surface area (Å²) in [5.41, 5.74) is 4.13. The van der Waals surface area contributed by atoms with E-state index in [1.54, 1.807) is 17.1 Å². The molecule has 29 heavy (non-hydrogen) atoms. The summed E-state index contributed by atoms with van der Waals surface area (Å²) in [6.07, 6.45) is 3.55. The van der Waals surface area contributed by atoms with Crippen molar-refractivity contribution < 1.29 is 0 Å². The minimum Gasteiger partial charge on any atom is -0.304 e. The minimum atomic E-state index is 0.595. The van der Waals surface area contributed by atoms with Gasteiger partial charge in [0.1, 0.15) is 0 Å². The maximum absolute atomic E-state index is 5.63. The molecule has 152 valence electrons. The highest BCUT2D eigenvalue weighted by Crippen LogP contribution is 2.20. The Morgan fingerprint density at radius 3 is 2.59 bits per heavy atom. The van der Waals surface area contributed by atoms with Gasteiger partial charge < -0.3 is 4.90 Å². The largest absolute Gasteiger partial charge is 0.304 e. The molecule has 8 nitrogen and oxygen atoms in total. The van der Waals surface area contributed by atoms with Crippen molar-refractivity contribution in [2.45, 2.75) is 20.5 Å². The molecule has 1 aliphatic heterocycles. The summed E-state index contributed by atoms with van der Waals surface area (Å²) >= 11 is 5.63. The van der Waals surface area contributed by atoms with Gasteiger partial charge in [-0.25, -0.2) is 4.68 Å². The molecule has 4 rings (SSSR count). The van der Waals surface area contributed by atoms with E-state index < -0.39 is 0 Å². The molecule has 3 aromatic rings. The minimum absolute atomic E-state index is 0.595. The van der Waals surface area contributed by atoms with Gasteiger partial charge in [-0.2, -0.15) is 20.0 Å². The van der Waals surface area contributed by atoms with Crippen molar-refractivity contribution >= 4 is 18.4 Å². The van der Waals surface area contributed by atoms with Gasteiger partial charge >= 0.3 is 0 Å². The van der Waals surface area contributed by atoms with Crippen molar-refractivity contribution in [2.75, 3.05) is 33.2 Å². The molecule has 0 unspecified atom stereocenters. The molecule has 1 fully saturated rings. The highest BCUT2D eigenvalue weighted by Gasteiger charge is 2.16. The smallest absolute Gasteiger partial charge is 0.220 e. The van der Waals surface area contributed by atoms with E-state index in [9.17, 15) is 0 Å². The third-order valence-electron chi connectivity index (χ3n) is 5.23. The number of hydrogen-bond donors (Lipinski definition) is 1. The van der Waals surface area contributed by atoms with Gasteiger partial charge in [0, 0.05) is 37.3 Å². The van der Waals surface area contributed by atoms with Crippen LogP contribution in [-0.4, -0.2) is 73.9 Å². The molecule has 9 heteroatoms. The Hall–Kier alpha value is -2.62. The number of H-pyrrole nitrogens is 1. The number of piperazine rings is 1. The molecule has 1 aliphatic rings. The molecule has 1 N–H and O–H groups in total. The van der Waals surface area contributed by atoms with E-state index in [2.05, 4.69) is 68.4 Å². The molecule has 0 atom stereocenters. The predicted octanol–water partition coefficient (Wildman–Crippen LogP) is 2.51. The molecule has 0 radical (unpaired) electrons. The van der Waals surface area contributed by atoms with E-state index in [-0.39, 0.29) is 0 Å². The van der Waals surface area contributed by atoms with Gasteiger partial charge in [0.15, 0.2) is 5.82 Å². The molecule has 0 aliphatic carbocycles. The topological polar surface area (TPSA) is 70.3 Å². The average molecular weight is 411 g/mol. The summed E-state index contributed by atoms with van der Waals surface area (Å²) in [7, 11) is 2.15. The fourth-order valence-corrected chi connectivity index (χ4v) is 3.65. The van der Waals surface area contributed by atoms with Crippen molar-refractivity contribution in [2.24, 2.45) is 5.10 Å². The van der Waals surface area contributed by atoms with E-state index >= 15 is 0 Å². The van der Waals surface area contributed by atoms with Gasteiger partial charge in [-0.15, -0.1) is 0 Å². The quantitative estimate of drug-likeness (QED) is 0.517. The summed E-state index contributed by atoms with van der Waals surface area (Å²) in [5.74, 6) is 0.765. The fraction of sp³-hybridized carbons (Fsp3) is 0.400. The Balaban J connectivity index is 1.54. The van der Waals surface area contributed by atoms with Crippen LogP contribution in [-0.2, 0) is 6.67 Å². The predicted molar refractivity (Wildman–Crippen MR) is 117 cm³/mol. The summed E-state index contributed by atoms with van der Waals surface area (Å²) in [6.45, 7) is 8.84. The first-order valence-corrected chi connectivity index (χ1v) is 10.1. The number of likely N-dealkylation sites (N-methyl/N-ethyl adjacent to an activating group) is 1. The first-order valence-electron chi connectivity index (χ1n) is 9.73. The van der Waals surface area contributed by atoms with Crippen LogP contribution in [0.5, 0.6) is 0 Å². The molecule has 0 saturated carbocycles. The Morgan fingerprint density at radius 2 is 1.86 bits per heavy atom. The lowest BCUT2D eigenvalue weighted by Crippen LogP contribution is -2.45. The first kappa shape index (κ1) is 19.7. The summed E-state index contributed by atoms with van der Waals surface area (Å²) in [6, 6.07) is 8.32. The lowest BCUT2D eigenvalue weighted by molar-refractivity contribution is 0.118. The third-order valence-corrected chi connectivity index (χ3v) is 5.61. The number of aromatic nitrogens is 5. The van der Waals surface area contributed by atoms with Crippen molar-refractivity contribution in [3.63, 3.8) is 0 Å². The third kappa shape index (κ3) is 4.36. The first-order chi connectivity index (χ1) is 14.0. The number of aromatic amines is 1. The maximum atomic E-state index is 5.63. The zero-order valence-electron chi connectivity index (χ0n) is 17.0. The highest BCUT2D eigenvalue weighted by molar-refractivity contribution is 7.71. The Kier molecular flexibility index (Phi) is 5.70. The normalized spacial score (nSPS) is 16.1. The summed E-state index contributed by atoms with van der Waals surface area (Å²) < 4.78 is 4.15. The second kappa shape index (κ2) is 8.40. The van der Waals surface area contributed by atoms with Crippen molar-refractivity contribution in [3.05, 3.63) is 52.2 Å². The van der Waals surface area contributed by atoms with Crippen molar-refractivity contribution in [3.8, 4) is 11.3 Å². The molecule has 2 aromatic heterocycles. The molecule has 0 spiro atoms. The molecule has 0 amide bonds. The van der Waals surface area contributed by atoms with Crippen molar-refractivity contribution in [1.82, 2.24) is 34.5 Å². The standard InChI is InChI=1S/C20H26N8S/c1-15-4-6-17(7-5-15)19-18(12-21-23-19)13-22-28-16(2)24-27(20(28)29)14-26-10-8-25(3)9-11-26/h4-7,12-13H,8-11,14H2,1-3H3,(H,21,23)/b22-13+. The zero-order chi connectivity index (χ0) is 20.4. The Morgan fingerprint density at radius 1 is 1.14 bits per heavy atom. The van der Waals surface area contributed by atoms with Gasteiger partial charge in [-0.05, 0) is 33.1 Å². The average Bonchev–Trinajstić information content (AvgIpc) is 3.27. The lowest BCUT2D eigenvalue weighted by Gasteiger charge is -2.31. The van der Waals surface area contributed by atoms with Gasteiger partial charge in [0.2, 0.25) is 4.77 Å². The summed E-state index contributed by atoms with van der Waals surface area (Å²) in [4.78, 5) is 4.70. The SMILES string of the molecule is Cc1ccc(-c2[nH]ncc2/C=N/n2c(C)nn(CN3CCN(C)CC3)c2=S)cc1. The van der Waals surface area contributed by atoms with Crippen LogP contribution in [0, 0.1) is 18.6 Å². The fourth-order valence-electron chi connectivity index (χ4n) is 3.38. The number of nitrogens with one attached hydrogen (secondary N) is 1. The molecule has 1 saturated heterocycles. The second-order valence-electron chi connectivity index (χ2n) is 7.51. The highest BCUT2D eigenvalue weighted by atomic mass is 32.1. The van der Waals surface area contributed by atoms with Gasteiger partial charge in [0.05, 0.1) is 24.8 Å². The number of nitrogens with zero attached hydrogens (tertiary/aromatic N) is 7. The molecular weight excluding hydrogens is 384 g/mol. The molecule has 1 aromatic carbocycles.